The number of amides is 3. The number of nitrogens with one attached hydrogen (secondary N) is 3. The Morgan fingerprint density at radius 3 is 2.67 bits per heavy atom. The van der Waals surface area contributed by atoms with Crippen molar-refractivity contribution in [3.05, 3.63) is 0 Å². The lowest BCUT2D eigenvalue weighted by molar-refractivity contribution is -0.134. The summed E-state index contributed by atoms with van der Waals surface area (Å²) in [5.74, 6) is -0.740. The van der Waals surface area contributed by atoms with Gasteiger partial charge in [-0.3, -0.25) is 14.4 Å². The molecule has 0 bridgehead atoms. The third-order valence-electron chi connectivity index (χ3n) is 3.23. The minimum Gasteiger partial charge on any atom is -0.355 e. The predicted octanol–water partition coefficient (Wildman–Crippen LogP) is -2.33. The maximum Gasteiger partial charge on any atom is 0.242 e. The maximum absolute atomic E-state index is 11.8. The molecule has 2 rings (SSSR count). The summed E-state index contributed by atoms with van der Waals surface area (Å²) in [6, 6.07) is 0. The molecule has 3 amide bonds. The van der Waals surface area contributed by atoms with Gasteiger partial charge in [-0.05, 0) is 0 Å². The molecule has 0 aromatic carbocycles. The van der Waals surface area contributed by atoms with Crippen molar-refractivity contribution < 1.29 is 14.4 Å². The molecule has 0 aromatic rings. The summed E-state index contributed by atoms with van der Waals surface area (Å²) in [7, 11) is 0. The molecule has 2 aliphatic rings. The van der Waals surface area contributed by atoms with Gasteiger partial charge < -0.3 is 20.9 Å². The fourth-order valence-corrected chi connectivity index (χ4v) is 2.12. The van der Waals surface area contributed by atoms with Gasteiger partial charge in [-0.2, -0.15) is 0 Å². The molecule has 0 radical (unpaired) electrons. The van der Waals surface area contributed by atoms with E-state index >= 15 is 0 Å². The highest BCUT2D eigenvalue weighted by atomic mass is 16.2. The van der Waals surface area contributed by atoms with Gasteiger partial charge in [-0.15, -0.1) is 0 Å². The molecule has 0 aliphatic carbocycles. The molecule has 3 N–H and O–H groups in total. The lowest BCUT2D eigenvalue weighted by Gasteiger charge is -2.27. The SMILES string of the molecule is O=C1CC(C(=O)NCC(=O)N2CCNCC2)CN1. The fourth-order valence-electron chi connectivity index (χ4n) is 2.12. The van der Waals surface area contributed by atoms with Crippen molar-refractivity contribution in [2.75, 3.05) is 39.3 Å². The van der Waals surface area contributed by atoms with Crippen LogP contribution in [-0.4, -0.2) is 61.9 Å². The molecule has 18 heavy (non-hydrogen) atoms. The van der Waals surface area contributed by atoms with E-state index in [1.165, 1.54) is 0 Å². The molecule has 2 fully saturated rings. The molecule has 100 valence electrons. The van der Waals surface area contributed by atoms with E-state index < -0.39 is 0 Å². The molecule has 7 heteroatoms. The Kier molecular flexibility index (Phi) is 4.14. The molecule has 1 unspecified atom stereocenters. The van der Waals surface area contributed by atoms with Gasteiger partial charge in [-0.25, -0.2) is 0 Å². The van der Waals surface area contributed by atoms with E-state index in [0.717, 1.165) is 13.1 Å². The van der Waals surface area contributed by atoms with Crippen LogP contribution in [0.4, 0.5) is 0 Å². The summed E-state index contributed by atoms with van der Waals surface area (Å²) in [6.07, 6.45) is 0.216. The number of carbonyl (C=O) groups excluding carboxylic acids is 3. The number of nitrogens with zero attached hydrogens (tertiary/aromatic N) is 1. The zero-order valence-electron chi connectivity index (χ0n) is 10.2. The van der Waals surface area contributed by atoms with Gasteiger partial charge >= 0.3 is 0 Å². The zero-order valence-corrected chi connectivity index (χ0v) is 10.2. The molecule has 2 heterocycles. The summed E-state index contributed by atoms with van der Waals surface area (Å²) in [5.41, 5.74) is 0. The number of carbonyl (C=O) groups is 3. The summed E-state index contributed by atoms with van der Waals surface area (Å²) in [4.78, 5) is 36.2. The van der Waals surface area contributed by atoms with Gasteiger partial charge in [0.1, 0.15) is 0 Å². The first-order chi connectivity index (χ1) is 8.66. The van der Waals surface area contributed by atoms with Crippen molar-refractivity contribution in [3.63, 3.8) is 0 Å². The van der Waals surface area contributed by atoms with Crippen molar-refractivity contribution in [1.29, 1.82) is 0 Å². The Hall–Kier alpha value is -1.63. The van der Waals surface area contributed by atoms with Gasteiger partial charge in [0.2, 0.25) is 17.7 Å². The molecule has 0 aromatic heterocycles. The molecule has 2 aliphatic heterocycles. The average molecular weight is 254 g/mol. The van der Waals surface area contributed by atoms with Crippen LogP contribution in [0.2, 0.25) is 0 Å². The summed E-state index contributed by atoms with van der Waals surface area (Å²) in [6.45, 7) is 3.33. The van der Waals surface area contributed by atoms with Crippen LogP contribution in [0.15, 0.2) is 0 Å². The molecule has 0 saturated carbocycles. The Bertz CT molecular complexity index is 352. The standard InChI is InChI=1S/C11H18N4O3/c16-9-5-8(6-13-9)11(18)14-7-10(17)15-3-1-12-2-4-15/h8,12H,1-7H2,(H,13,16)(H,14,18). The minimum atomic E-state index is -0.340. The first-order valence-electron chi connectivity index (χ1n) is 6.19. The van der Waals surface area contributed by atoms with Crippen molar-refractivity contribution >= 4 is 17.7 Å². The highest BCUT2D eigenvalue weighted by Gasteiger charge is 2.28. The molecular formula is C11H18N4O3. The van der Waals surface area contributed by atoms with Crippen LogP contribution < -0.4 is 16.0 Å². The summed E-state index contributed by atoms with van der Waals surface area (Å²) < 4.78 is 0. The van der Waals surface area contributed by atoms with Crippen molar-refractivity contribution in [3.8, 4) is 0 Å². The minimum absolute atomic E-state index is 0.0174. The Morgan fingerprint density at radius 2 is 2.06 bits per heavy atom. The Morgan fingerprint density at radius 1 is 1.33 bits per heavy atom. The number of piperazine rings is 1. The van der Waals surface area contributed by atoms with Gasteiger partial charge in [0, 0.05) is 39.1 Å². The normalized spacial score (nSPS) is 23.7. The Labute approximate surface area is 105 Å². The van der Waals surface area contributed by atoms with Crippen molar-refractivity contribution in [2.24, 2.45) is 5.92 Å². The van der Waals surface area contributed by atoms with E-state index in [1.54, 1.807) is 4.90 Å². The van der Waals surface area contributed by atoms with E-state index in [0.29, 0.717) is 19.6 Å². The van der Waals surface area contributed by atoms with E-state index in [2.05, 4.69) is 16.0 Å². The van der Waals surface area contributed by atoms with Crippen LogP contribution >= 0.6 is 0 Å². The van der Waals surface area contributed by atoms with E-state index in [4.69, 9.17) is 0 Å². The smallest absolute Gasteiger partial charge is 0.242 e. The van der Waals surface area contributed by atoms with Crippen molar-refractivity contribution in [1.82, 2.24) is 20.9 Å². The predicted molar refractivity (Wildman–Crippen MR) is 63.6 cm³/mol. The number of hydrogen-bond acceptors (Lipinski definition) is 4. The molecule has 7 nitrogen and oxygen atoms in total. The van der Waals surface area contributed by atoms with Gasteiger partial charge in [0.05, 0.1) is 12.5 Å². The lowest BCUT2D eigenvalue weighted by atomic mass is 10.1. The van der Waals surface area contributed by atoms with Crippen LogP contribution in [-0.2, 0) is 14.4 Å². The highest BCUT2D eigenvalue weighted by Crippen LogP contribution is 2.08. The van der Waals surface area contributed by atoms with Crippen LogP contribution in [0.5, 0.6) is 0 Å². The van der Waals surface area contributed by atoms with E-state index in [-0.39, 0.29) is 36.6 Å². The van der Waals surface area contributed by atoms with E-state index in [9.17, 15) is 14.4 Å². The maximum atomic E-state index is 11.8. The van der Waals surface area contributed by atoms with Gasteiger partial charge in [0.15, 0.2) is 0 Å². The second-order valence-corrected chi connectivity index (χ2v) is 4.55. The molecule has 0 spiro atoms. The highest BCUT2D eigenvalue weighted by molar-refractivity contribution is 5.91. The molecule has 1 atom stereocenters. The monoisotopic (exact) mass is 254 g/mol. The van der Waals surface area contributed by atoms with Crippen LogP contribution in [0, 0.1) is 5.92 Å². The summed E-state index contributed by atoms with van der Waals surface area (Å²) in [5, 5.41) is 8.35. The van der Waals surface area contributed by atoms with Gasteiger partial charge in [0.25, 0.3) is 0 Å². The zero-order chi connectivity index (χ0) is 13.0. The third kappa shape index (κ3) is 3.19. The number of rotatable bonds is 3. The average Bonchev–Trinajstić information content (AvgIpc) is 2.83. The second-order valence-electron chi connectivity index (χ2n) is 4.55. The summed E-state index contributed by atoms with van der Waals surface area (Å²) >= 11 is 0. The first kappa shape index (κ1) is 12.8. The molecule has 2 saturated heterocycles. The van der Waals surface area contributed by atoms with Crippen molar-refractivity contribution in [2.45, 2.75) is 6.42 Å². The van der Waals surface area contributed by atoms with Gasteiger partial charge in [-0.1, -0.05) is 0 Å². The van der Waals surface area contributed by atoms with Crippen LogP contribution in [0.3, 0.4) is 0 Å². The third-order valence-corrected chi connectivity index (χ3v) is 3.23. The van der Waals surface area contributed by atoms with Crippen LogP contribution in [0.25, 0.3) is 0 Å². The lowest BCUT2D eigenvalue weighted by Crippen LogP contribution is -2.50. The fraction of sp³-hybridized carbons (Fsp3) is 0.727. The second kappa shape index (κ2) is 5.81. The first-order valence-corrected chi connectivity index (χ1v) is 6.19. The number of hydrogen-bond donors (Lipinski definition) is 3. The topological polar surface area (TPSA) is 90.5 Å². The molecular weight excluding hydrogens is 236 g/mol. The Balaban J connectivity index is 1.71. The van der Waals surface area contributed by atoms with E-state index in [1.807, 2.05) is 0 Å². The quantitative estimate of drug-likeness (QED) is 0.527. The largest absolute Gasteiger partial charge is 0.355 e. The van der Waals surface area contributed by atoms with Crippen LogP contribution in [0.1, 0.15) is 6.42 Å².